The number of halogens is 3. The van der Waals surface area contributed by atoms with Crippen molar-refractivity contribution < 1.29 is 18.1 Å². The van der Waals surface area contributed by atoms with Crippen LogP contribution in [0.2, 0.25) is 5.02 Å². The van der Waals surface area contributed by atoms with Crippen LogP contribution >= 0.6 is 23.2 Å². The van der Waals surface area contributed by atoms with Crippen LogP contribution in [0.15, 0.2) is 33.8 Å². The number of fused-ring (bicyclic) bond motifs is 3. The average Bonchev–Trinajstić information content (AvgIpc) is 2.85. The number of carbonyl (C=O) groups excluding carboxylic acids is 1. The first-order valence-corrected chi connectivity index (χ1v) is 8.96. The van der Waals surface area contributed by atoms with Gasteiger partial charge in [-0.05, 0) is 24.6 Å². The molecule has 2 aliphatic rings. The second-order valence-corrected chi connectivity index (χ2v) is 6.84. The van der Waals surface area contributed by atoms with Gasteiger partial charge in [-0.2, -0.15) is 0 Å². The van der Waals surface area contributed by atoms with Crippen LogP contribution in [0.5, 0.6) is 0 Å². The first-order valence-electron chi connectivity index (χ1n) is 6.83. The first-order chi connectivity index (χ1) is 11.0. The van der Waals surface area contributed by atoms with Crippen LogP contribution in [0.25, 0.3) is 0 Å². The molecular weight excluding hydrogens is 364 g/mol. The Morgan fingerprint density at radius 3 is 2.87 bits per heavy atom. The summed E-state index contributed by atoms with van der Waals surface area (Å²) in [5, 5.41) is 1.75. The fraction of sp³-hybridized carbons (Fsp3) is 0.267. The smallest absolute Gasteiger partial charge is 0.337 e. The van der Waals surface area contributed by atoms with Crippen molar-refractivity contribution in [1.82, 2.24) is 0 Å². The van der Waals surface area contributed by atoms with Gasteiger partial charge in [0.15, 0.2) is 0 Å². The fourth-order valence-electron chi connectivity index (χ4n) is 2.64. The average molecular weight is 376 g/mol. The van der Waals surface area contributed by atoms with Gasteiger partial charge < -0.3 is 9.64 Å². The van der Waals surface area contributed by atoms with E-state index in [1.54, 1.807) is 11.8 Å². The van der Waals surface area contributed by atoms with Crippen molar-refractivity contribution in [2.45, 2.75) is 13.3 Å². The minimum absolute atomic E-state index is 0.0470. The maximum absolute atomic E-state index is 13.8. The Bertz CT molecular complexity index is 791. The minimum atomic E-state index is -1.52. The number of alkyl halides is 1. The van der Waals surface area contributed by atoms with E-state index in [-0.39, 0.29) is 29.5 Å². The van der Waals surface area contributed by atoms with Crippen molar-refractivity contribution in [3.8, 4) is 0 Å². The molecule has 4 nitrogen and oxygen atoms in total. The van der Waals surface area contributed by atoms with E-state index >= 15 is 0 Å². The van der Waals surface area contributed by atoms with Gasteiger partial charge in [-0.1, -0.05) is 11.6 Å². The van der Waals surface area contributed by atoms with E-state index in [9.17, 15) is 13.4 Å². The second kappa shape index (κ2) is 6.26. The predicted octanol–water partition coefficient (Wildman–Crippen LogP) is 3.46. The summed E-state index contributed by atoms with van der Waals surface area (Å²) in [5.74, 6) is -1.04. The number of hydrogen-bond donors (Lipinski definition) is 0. The van der Waals surface area contributed by atoms with E-state index in [0.29, 0.717) is 22.0 Å². The van der Waals surface area contributed by atoms with Gasteiger partial charge in [0.25, 0.3) is 0 Å². The van der Waals surface area contributed by atoms with Crippen LogP contribution in [-0.2, 0) is 26.8 Å². The molecule has 1 atom stereocenters. The van der Waals surface area contributed by atoms with Gasteiger partial charge in [0.2, 0.25) is 0 Å². The molecule has 2 aliphatic heterocycles. The van der Waals surface area contributed by atoms with Crippen molar-refractivity contribution in [1.29, 1.82) is 0 Å². The molecular formula is C15H12Cl2FNO3S. The normalized spacial score (nSPS) is 19.4. The summed E-state index contributed by atoms with van der Waals surface area (Å²) in [6, 6.07) is 2.73. The van der Waals surface area contributed by atoms with E-state index < -0.39 is 22.6 Å². The highest BCUT2D eigenvalue weighted by molar-refractivity contribution is 7.92. The van der Waals surface area contributed by atoms with Gasteiger partial charge in [-0.15, -0.1) is 11.6 Å². The quantitative estimate of drug-likeness (QED) is 0.599. The summed E-state index contributed by atoms with van der Waals surface area (Å²) in [6.07, 6.45) is 0.128. The molecule has 122 valence electrons. The minimum Gasteiger partial charge on any atom is -0.463 e. The van der Waals surface area contributed by atoms with Crippen LogP contribution < -0.4 is 4.90 Å². The molecule has 0 saturated carbocycles. The molecule has 2 heterocycles. The first kappa shape index (κ1) is 16.5. The lowest BCUT2D eigenvalue weighted by Gasteiger charge is -2.31. The lowest BCUT2D eigenvalue weighted by molar-refractivity contribution is -0.138. The molecule has 0 aliphatic carbocycles. The van der Waals surface area contributed by atoms with Gasteiger partial charge >= 0.3 is 5.97 Å². The molecule has 0 saturated heterocycles. The summed E-state index contributed by atoms with van der Waals surface area (Å²) < 4.78 is 31.3. The molecule has 0 amide bonds. The highest BCUT2D eigenvalue weighted by Crippen LogP contribution is 2.43. The van der Waals surface area contributed by atoms with Crippen molar-refractivity contribution in [3.63, 3.8) is 0 Å². The van der Waals surface area contributed by atoms with E-state index in [1.165, 1.54) is 17.5 Å². The Balaban J connectivity index is 2.20. The maximum Gasteiger partial charge on any atom is 0.337 e. The molecule has 1 unspecified atom stereocenters. The van der Waals surface area contributed by atoms with E-state index in [1.807, 2.05) is 0 Å². The van der Waals surface area contributed by atoms with Crippen LogP contribution in [0.4, 0.5) is 10.1 Å². The fourth-order valence-corrected chi connectivity index (χ4v) is 4.42. The number of ether oxygens (including phenoxy) is 1. The predicted molar refractivity (Wildman–Crippen MR) is 88.2 cm³/mol. The Hall–Kier alpha value is -1.37. The zero-order valence-electron chi connectivity index (χ0n) is 12.1. The van der Waals surface area contributed by atoms with Crippen LogP contribution in [0.1, 0.15) is 12.5 Å². The number of carbonyl (C=O) groups is 1. The number of hydrogen-bond acceptors (Lipinski definition) is 4. The van der Waals surface area contributed by atoms with Gasteiger partial charge in [0.1, 0.15) is 10.8 Å². The van der Waals surface area contributed by atoms with Gasteiger partial charge in [-0.25, -0.2) is 13.4 Å². The molecule has 1 aromatic rings. The van der Waals surface area contributed by atoms with E-state index in [4.69, 9.17) is 27.9 Å². The van der Waals surface area contributed by atoms with Crippen molar-refractivity contribution in [2.24, 2.45) is 0 Å². The number of anilines is 1. The number of esters is 1. The number of nitrogens with zero attached hydrogens (tertiary/aromatic N) is 1. The molecule has 0 fully saturated rings. The molecule has 3 rings (SSSR count). The molecule has 1 aromatic carbocycles. The van der Waals surface area contributed by atoms with Gasteiger partial charge in [-0.3, -0.25) is 0 Å². The highest BCUT2D eigenvalue weighted by Gasteiger charge is 2.38. The van der Waals surface area contributed by atoms with Crippen molar-refractivity contribution in [2.75, 3.05) is 17.4 Å². The third-order valence-electron chi connectivity index (χ3n) is 3.57. The highest BCUT2D eigenvalue weighted by atomic mass is 35.5. The number of allylic oxidation sites excluding steroid dienone is 1. The SMILES string of the molecule is CCOC(=O)C1=C2N(C(CCl)=CS2=O)c2cc(Cl)c(F)cc2C1. The second-order valence-electron chi connectivity index (χ2n) is 4.95. The van der Waals surface area contributed by atoms with E-state index in [0.717, 1.165) is 0 Å². The molecule has 0 bridgehead atoms. The zero-order valence-corrected chi connectivity index (χ0v) is 14.4. The topological polar surface area (TPSA) is 46.6 Å². The Labute approximate surface area is 145 Å². The van der Waals surface area contributed by atoms with Crippen LogP contribution in [-0.4, -0.2) is 22.7 Å². The summed E-state index contributed by atoms with van der Waals surface area (Å²) in [5.41, 5.74) is 1.95. The third kappa shape index (κ3) is 2.69. The monoisotopic (exact) mass is 375 g/mol. The van der Waals surface area contributed by atoms with Crippen molar-refractivity contribution >= 4 is 45.7 Å². The van der Waals surface area contributed by atoms with E-state index in [2.05, 4.69) is 0 Å². The zero-order chi connectivity index (χ0) is 16.7. The van der Waals surface area contributed by atoms with Crippen LogP contribution in [0.3, 0.4) is 0 Å². The summed E-state index contributed by atoms with van der Waals surface area (Å²) in [4.78, 5) is 13.8. The Morgan fingerprint density at radius 2 is 2.22 bits per heavy atom. The molecule has 0 aromatic heterocycles. The summed E-state index contributed by atoms with van der Waals surface area (Å²) in [7, 11) is -1.52. The molecule has 23 heavy (non-hydrogen) atoms. The number of benzene rings is 1. The van der Waals surface area contributed by atoms with Crippen molar-refractivity contribution in [3.05, 3.63) is 50.2 Å². The molecule has 0 radical (unpaired) electrons. The maximum atomic E-state index is 13.8. The molecule has 0 N–H and O–H groups in total. The molecule has 0 spiro atoms. The Kier molecular flexibility index (Phi) is 4.49. The summed E-state index contributed by atoms with van der Waals surface area (Å²) in [6.45, 7) is 1.88. The Morgan fingerprint density at radius 1 is 1.48 bits per heavy atom. The van der Waals surface area contributed by atoms with Crippen LogP contribution in [0, 0.1) is 5.82 Å². The largest absolute Gasteiger partial charge is 0.463 e. The lowest BCUT2D eigenvalue weighted by Crippen LogP contribution is -2.29. The number of rotatable bonds is 3. The summed E-state index contributed by atoms with van der Waals surface area (Å²) >= 11 is 11.8. The lowest BCUT2D eigenvalue weighted by atomic mass is 9.99. The third-order valence-corrected chi connectivity index (χ3v) is 5.43. The molecule has 8 heteroatoms. The standard InChI is InChI=1S/C15H12Cl2FNO3S/c1-2-22-15(20)10-3-8-4-12(18)11(17)5-13(8)19-9(6-16)7-23(21)14(10)19/h4-5,7H,2-3,6H2,1H3. The van der Waals surface area contributed by atoms with Gasteiger partial charge in [0, 0.05) is 17.5 Å². The van der Waals surface area contributed by atoms with Gasteiger partial charge in [0.05, 0.1) is 39.6 Å².